The number of hydrogen-bond donors (Lipinski definition) is 2. The molecule has 74 valence electrons. The van der Waals surface area contributed by atoms with Crippen LogP contribution in [0.3, 0.4) is 0 Å². The lowest BCUT2D eigenvalue weighted by Crippen LogP contribution is -2.40. The van der Waals surface area contributed by atoms with Crippen LogP contribution in [0.4, 0.5) is 0 Å². The maximum Gasteiger partial charge on any atom is 0.0630 e. The molecule has 0 aromatic rings. The molecule has 0 bridgehead atoms. The van der Waals surface area contributed by atoms with Gasteiger partial charge in [-0.25, -0.2) is 0 Å². The monoisotopic (exact) mass is 183 g/mol. The van der Waals surface area contributed by atoms with E-state index in [4.69, 9.17) is 5.21 Å². The van der Waals surface area contributed by atoms with Crippen LogP contribution in [0.5, 0.6) is 0 Å². The van der Waals surface area contributed by atoms with Crippen LogP contribution in [-0.4, -0.2) is 22.1 Å². The lowest BCUT2D eigenvalue weighted by atomic mass is 9.68. The molecule has 3 heteroatoms. The van der Waals surface area contributed by atoms with Crippen LogP contribution in [0.25, 0.3) is 0 Å². The number of fused-ring (bicyclic) bond motifs is 1. The Balaban J connectivity index is 2.16. The predicted molar refractivity (Wildman–Crippen MR) is 49.9 cm³/mol. The van der Waals surface area contributed by atoms with Gasteiger partial charge in [-0.05, 0) is 38.0 Å². The molecule has 2 fully saturated rings. The molecule has 2 N–H and O–H groups in total. The Kier molecular flexibility index (Phi) is 2.54. The molecule has 0 saturated heterocycles. The van der Waals surface area contributed by atoms with Crippen molar-refractivity contribution >= 4 is 5.71 Å². The minimum absolute atomic E-state index is 0.160. The highest BCUT2D eigenvalue weighted by Gasteiger charge is 2.38. The molecule has 0 aliphatic heterocycles. The first-order valence-electron chi connectivity index (χ1n) is 5.22. The van der Waals surface area contributed by atoms with Crippen LogP contribution in [-0.2, 0) is 0 Å². The highest BCUT2D eigenvalue weighted by molar-refractivity contribution is 5.87. The van der Waals surface area contributed by atoms with E-state index in [2.05, 4.69) is 5.16 Å². The van der Waals surface area contributed by atoms with Gasteiger partial charge in [-0.3, -0.25) is 0 Å². The largest absolute Gasteiger partial charge is 0.411 e. The first kappa shape index (κ1) is 9.00. The van der Waals surface area contributed by atoms with E-state index in [-0.39, 0.29) is 12.0 Å². The first-order chi connectivity index (χ1) is 6.33. The minimum atomic E-state index is -0.259. The zero-order chi connectivity index (χ0) is 9.26. The summed E-state index contributed by atoms with van der Waals surface area (Å²) in [5.41, 5.74) is 0.837. The molecule has 0 aromatic heterocycles. The van der Waals surface area contributed by atoms with E-state index in [9.17, 15) is 5.11 Å². The van der Waals surface area contributed by atoms with E-state index in [1.54, 1.807) is 0 Å². The van der Waals surface area contributed by atoms with E-state index >= 15 is 0 Å². The van der Waals surface area contributed by atoms with Gasteiger partial charge in [-0.2, -0.15) is 0 Å². The van der Waals surface area contributed by atoms with Gasteiger partial charge in [0.25, 0.3) is 0 Å². The van der Waals surface area contributed by atoms with E-state index in [0.29, 0.717) is 5.92 Å². The van der Waals surface area contributed by atoms with Gasteiger partial charge >= 0.3 is 0 Å². The normalized spacial score (nSPS) is 43.2. The molecule has 0 aromatic carbocycles. The fourth-order valence-electron chi connectivity index (χ4n) is 2.91. The average Bonchev–Trinajstić information content (AvgIpc) is 2.17. The van der Waals surface area contributed by atoms with Crippen molar-refractivity contribution in [2.45, 2.75) is 44.6 Å². The maximum absolute atomic E-state index is 9.81. The van der Waals surface area contributed by atoms with Gasteiger partial charge in [-0.15, -0.1) is 0 Å². The number of aliphatic hydroxyl groups excluding tert-OH is 1. The molecule has 13 heavy (non-hydrogen) atoms. The van der Waals surface area contributed by atoms with Gasteiger partial charge in [-0.1, -0.05) is 11.6 Å². The summed E-state index contributed by atoms with van der Waals surface area (Å²) in [5, 5.41) is 22.0. The molecule has 2 saturated carbocycles. The predicted octanol–water partition coefficient (Wildman–Crippen LogP) is 1.78. The maximum atomic E-state index is 9.81. The van der Waals surface area contributed by atoms with Gasteiger partial charge in [0.2, 0.25) is 0 Å². The van der Waals surface area contributed by atoms with Crippen molar-refractivity contribution < 1.29 is 10.3 Å². The van der Waals surface area contributed by atoms with Crippen molar-refractivity contribution in [3.05, 3.63) is 0 Å². The topological polar surface area (TPSA) is 52.8 Å². The average molecular weight is 183 g/mol. The Hall–Kier alpha value is -0.570. The van der Waals surface area contributed by atoms with Crippen molar-refractivity contribution in [3.8, 4) is 0 Å². The fraction of sp³-hybridized carbons (Fsp3) is 0.900. The number of nitrogens with zero attached hydrogens (tertiary/aromatic N) is 1. The van der Waals surface area contributed by atoms with Gasteiger partial charge in [0.05, 0.1) is 11.8 Å². The zero-order valence-corrected chi connectivity index (χ0v) is 7.82. The van der Waals surface area contributed by atoms with Gasteiger partial charge < -0.3 is 10.3 Å². The molecule has 2 aliphatic rings. The molecule has 2 rings (SSSR count). The van der Waals surface area contributed by atoms with E-state index < -0.39 is 0 Å². The number of oxime groups is 1. The van der Waals surface area contributed by atoms with Gasteiger partial charge in [0.15, 0.2) is 0 Å². The molecule has 0 amide bonds. The van der Waals surface area contributed by atoms with Gasteiger partial charge in [0.1, 0.15) is 0 Å². The Morgan fingerprint density at radius 3 is 2.69 bits per heavy atom. The second-order valence-corrected chi connectivity index (χ2v) is 4.27. The third kappa shape index (κ3) is 1.57. The molecule has 3 nitrogen and oxygen atoms in total. The molecular formula is C10H17NO2. The first-order valence-corrected chi connectivity index (χ1v) is 5.22. The van der Waals surface area contributed by atoms with Crippen molar-refractivity contribution in [1.82, 2.24) is 0 Å². The summed E-state index contributed by atoms with van der Waals surface area (Å²) in [5.74, 6) is 0.732. The van der Waals surface area contributed by atoms with Crippen molar-refractivity contribution in [3.63, 3.8) is 0 Å². The van der Waals surface area contributed by atoms with Crippen LogP contribution in [0.1, 0.15) is 38.5 Å². The molecule has 0 radical (unpaired) electrons. The summed E-state index contributed by atoms with van der Waals surface area (Å²) in [6.07, 6.45) is 6.12. The molecular weight excluding hydrogens is 166 g/mol. The van der Waals surface area contributed by atoms with E-state index in [1.165, 1.54) is 12.8 Å². The minimum Gasteiger partial charge on any atom is -0.411 e. The standard InChI is InChI=1S/C10H17NO2/c12-9-6-2-4-7-3-1-5-8(11-13)10(7)9/h7,9-10,12-13H,1-6H2/b11-8+. The summed E-state index contributed by atoms with van der Waals surface area (Å²) >= 11 is 0. The third-order valence-corrected chi connectivity index (χ3v) is 3.52. The molecule has 3 unspecified atom stereocenters. The van der Waals surface area contributed by atoms with Crippen molar-refractivity contribution in [2.24, 2.45) is 17.0 Å². The summed E-state index contributed by atoms with van der Waals surface area (Å²) in [6.45, 7) is 0. The summed E-state index contributed by atoms with van der Waals surface area (Å²) < 4.78 is 0. The highest BCUT2D eigenvalue weighted by atomic mass is 16.4. The number of rotatable bonds is 0. The molecule has 3 atom stereocenters. The van der Waals surface area contributed by atoms with Crippen molar-refractivity contribution in [1.29, 1.82) is 0 Å². The summed E-state index contributed by atoms with van der Waals surface area (Å²) in [7, 11) is 0. The quantitative estimate of drug-likeness (QED) is 0.444. The lowest BCUT2D eigenvalue weighted by Gasteiger charge is -2.39. The van der Waals surface area contributed by atoms with E-state index in [0.717, 1.165) is 31.4 Å². The highest BCUT2D eigenvalue weighted by Crippen LogP contribution is 2.39. The second-order valence-electron chi connectivity index (χ2n) is 4.27. The zero-order valence-electron chi connectivity index (χ0n) is 7.82. The van der Waals surface area contributed by atoms with E-state index in [1.807, 2.05) is 0 Å². The summed E-state index contributed by atoms with van der Waals surface area (Å²) in [4.78, 5) is 0. The van der Waals surface area contributed by atoms with Crippen LogP contribution in [0, 0.1) is 11.8 Å². The van der Waals surface area contributed by atoms with Crippen molar-refractivity contribution in [2.75, 3.05) is 0 Å². The third-order valence-electron chi connectivity index (χ3n) is 3.52. The number of hydrogen-bond acceptors (Lipinski definition) is 3. The lowest BCUT2D eigenvalue weighted by molar-refractivity contribution is 0.0554. The second kappa shape index (κ2) is 3.66. The Morgan fingerprint density at radius 2 is 1.92 bits per heavy atom. The molecule has 0 heterocycles. The molecule has 0 spiro atoms. The Morgan fingerprint density at radius 1 is 1.15 bits per heavy atom. The van der Waals surface area contributed by atoms with Crippen LogP contribution >= 0.6 is 0 Å². The number of aliphatic hydroxyl groups is 1. The van der Waals surface area contributed by atoms with Crippen LogP contribution in [0.2, 0.25) is 0 Å². The fourth-order valence-corrected chi connectivity index (χ4v) is 2.91. The van der Waals surface area contributed by atoms with Crippen LogP contribution in [0.15, 0.2) is 5.16 Å². The van der Waals surface area contributed by atoms with Crippen LogP contribution < -0.4 is 0 Å². The Labute approximate surface area is 78.4 Å². The smallest absolute Gasteiger partial charge is 0.0630 e. The molecule has 2 aliphatic carbocycles. The Bertz CT molecular complexity index is 213. The van der Waals surface area contributed by atoms with Gasteiger partial charge in [0, 0.05) is 5.92 Å². The SMILES string of the molecule is O/N=C1\CCCC2CCCC(O)C12. The summed E-state index contributed by atoms with van der Waals surface area (Å²) in [6, 6.07) is 0.